The molecule has 0 aromatic heterocycles. The fraction of sp³-hybridized carbons (Fsp3) is 0.579. The summed E-state index contributed by atoms with van der Waals surface area (Å²) in [5, 5.41) is 0. The van der Waals surface area contributed by atoms with E-state index in [2.05, 4.69) is 13.8 Å². The molecule has 0 aliphatic heterocycles. The van der Waals surface area contributed by atoms with E-state index in [4.69, 9.17) is 5.73 Å². The van der Waals surface area contributed by atoms with Gasteiger partial charge in [0.05, 0.1) is 0 Å². The zero-order valence-electron chi connectivity index (χ0n) is 15.4. The van der Waals surface area contributed by atoms with Crippen LogP contribution in [-0.2, 0) is 16.1 Å². The molecule has 0 fully saturated rings. The fourth-order valence-corrected chi connectivity index (χ4v) is 2.37. The molecule has 0 heterocycles. The highest BCUT2D eigenvalue weighted by Crippen LogP contribution is 2.07. The van der Waals surface area contributed by atoms with Gasteiger partial charge in [-0.05, 0) is 17.9 Å². The van der Waals surface area contributed by atoms with E-state index in [1.54, 1.807) is 23.8 Å². The second-order valence-corrected chi connectivity index (χ2v) is 6.69. The van der Waals surface area contributed by atoms with Crippen LogP contribution in [0.15, 0.2) is 30.3 Å². The smallest absolute Gasteiger partial charge is 0.224 e. The van der Waals surface area contributed by atoms with Gasteiger partial charge in [-0.2, -0.15) is 0 Å². The molecule has 1 aromatic rings. The molecule has 134 valence electrons. The Kier molecular flexibility index (Phi) is 8.47. The average Bonchev–Trinajstić information content (AvgIpc) is 2.56. The Hall–Kier alpha value is -1.88. The second-order valence-electron chi connectivity index (χ2n) is 6.69. The molecule has 24 heavy (non-hydrogen) atoms. The number of hydrogen-bond donors (Lipinski definition) is 1. The van der Waals surface area contributed by atoms with E-state index in [1.807, 2.05) is 30.3 Å². The minimum Gasteiger partial charge on any atom is -0.346 e. The molecule has 2 N–H and O–H groups in total. The molecule has 0 saturated heterocycles. The van der Waals surface area contributed by atoms with Crippen LogP contribution in [0.4, 0.5) is 0 Å². The average molecular weight is 333 g/mol. The molecule has 5 nitrogen and oxygen atoms in total. The summed E-state index contributed by atoms with van der Waals surface area (Å²) in [5.41, 5.74) is 7.09. The van der Waals surface area contributed by atoms with E-state index >= 15 is 0 Å². The minimum atomic E-state index is -0.0175. The van der Waals surface area contributed by atoms with E-state index in [-0.39, 0.29) is 17.9 Å². The summed E-state index contributed by atoms with van der Waals surface area (Å²) in [4.78, 5) is 27.5. The number of carbonyl (C=O) groups is 2. The molecule has 5 heteroatoms. The van der Waals surface area contributed by atoms with Crippen molar-refractivity contribution < 1.29 is 9.59 Å². The first-order valence-corrected chi connectivity index (χ1v) is 8.60. The lowest BCUT2D eigenvalue weighted by Gasteiger charge is -2.24. The van der Waals surface area contributed by atoms with Gasteiger partial charge in [-0.3, -0.25) is 9.59 Å². The monoisotopic (exact) mass is 333 g/mol. The van der Waals surface area contributed by atoms with Crippen molar-refractivity contribution in [2.75, 3.05) is 20.1 Å². The van der Waals surface area contributed by atoms with Crippen LogP contribution in [0, 0.1) is 5.92 Å². The van der Waals surface area contributed by atoms with Gasteiger partial charge in [0.1, 0.15) is 0 Å². The maximum Gasteiger partial charge on any atom is 0.224 e. The maximum atomic E-state index is 12.3. The molecule has 2 amide bonds. The summed E-state index contributed by atoms with van der Waals surface area (Å²) in [7, 11) is 1.80. The number of hydrogen-bond acceptors (Lipinski definition) is 3. The summed E-state index contributed by atoms with van der Waals surface area (Å²) in [6, 6.07) is 9.91. The third-order valence-electron chi connectivity index (χ3n) is 4.34. The van der Waals surface area contributed by atoms with E-state index in [0.29, 0.717) is 32.0 Å². The van der Waals surface area contributed by atoms with Crippen LogP contribution in [0.3, 0.4) is 0 Å². The lowest BCUT2D eigenvalue weighted by molar-refractivity contribution is -0.133. The van der Waals surface area contributed by atoms with Gasteiger partial charge >= 0.3 is 0 Å². The topological polar surface area (TPSA) is 66.6 Å². The third-order valence-corrected chi connectivity index (χ3v) is 4.34. The molecular weight excluding hydrogens is 302 g/mol. The van der Waals surface area contributed by atoms with Gasteiger partial charge in [0.25, 0.3) is 0 Å². The van der Waals surface area contributed by atoms with Crippen molar-refractivity contribution in [3.8, 4) is 0 Å². The number of benzene rings is 1. The number of carbonyl (C=O) groups excluding carboxylic acids is 2. The third kappa shape index (κ3) is 7.13. The SMILES string of the molecule is CC(=O)N(CCC(=O)N(C)CCC(N)C(C)C)Cc1ccccc1. The zero-order chi connectivity index (χ0) is 18.1. The molecule has 1 rings (SSSR count). The van der Waals surface area contributed by atoms with Crippen molar-refractivity contribution in [2.24, 2.45) is 11.7 Å². The normalized spacial score (nSPS) is 12.1. The van der Waals surface area contributed by atoms with Crippen molar-refractivity contribution in [3.63, 3.8) is 0 Å². The first-order chi connectivity index (χ1) is 11.3. The van der Waals surface area contributed by atoms with Gasteiger partial charge in [0, 0.05) is 46.1 Å². The molecule has 0 aliphatic carbocycles. The van der Waals surface area contributed by atoms with Gasteiger partial charge in [-0.1, -0.05) is 44.2 Å². The van der Waals surface area contributed by atoms with Crippen molar-refractivity contribution in [3.05, 3.63) is 35.9 Å². The van der Waals surface area contributed by atoms with E-state index in [9.17, 15) is 9.59 Å². The van der Waals surface area contributed by atoms with Crippen LogP contribution in [-0.4, -0.2) is 47.8 Å². The number of nitrogens with two attached hydrogens (primary N) is 1. The molecule has 1 unspecified atom stereocenters. The Morgan fingerprint density at radius 1 is 1.12 bits per heavy atom. The quantitative estimate of drug-likeness (QED) is 0.754. The molecule has 1 atom stereocenters. The minimum absolute atomic E-state index is 0.0175. The van der Waals surface area contributed by atoms with E-state index in [1.165, 1.54) is 0 Å². The Morgan fingerprint density at radius 2 is 1.75 bits per heavy atom. The second kappa shape index (κ2) is 10.1. The van der Waals surface area contributed by atoms with Crippen LogP contribution in [0.25, 0.3) is 0 Å². The van der Waals surface area contributed by atoms with Crippen molar-refractivity contribution >= 4 is 11.8 Å². The summed E-state index contributed by atoms with van der Waals surface area (Å²) < 4.78 is 0. The molecule has 0 bridgehead atoms. The number of rotatable bonds is 9. The largest absolute Gasteiger partial charge is 0.346 e. The Balaban J connectivity index is 2.45. The molecule has 0 saturated carbocycles. The highest BCUT2D eigenvalue weighted by Gasteiger charge is 2.15. The van der Waals surface area contributed by atoms with Gasteiger partial charge in [0.2, 0.25) is 11.8 Å². The Morgan fingerprint density at radius 3 is 2.29 bits per heavy atom. The van der Waals surface area contributed by atoms with Crippen molar-refractivity contribution in [2.45, 2.75) is 46.2 Å². The zero-order valence-corrected chi connectivity index (χ0v) is 15.4. The maximum absolute atomic E-state index is 12.3. The van der Waals surface area contributed by atoms with Gasteiger partial charge in [-0.15, -0.1) is 0 Å². The highest BCUT2D eigenvalue weighted by atomic mass is 16.2. The van der Waals surface area contributed by atoms with E-state index in [0.717, 1.165) is 12.0 Å². The summed E-state index contributed by atoms with van der Waals surface area (Å²) in [6.45, 7) is 7.33. The van der Waals surface area contributed by atoms with Crippen LogP contribution in [0.2, 0.25) is 0 Å². The summed E-state index contributed by atoms with van der Waals surface area (Å²) >= 11 is 0. The summed E-state index contributed by atoms with van der Waals surface area (Å²) in [6.07, 6.45) is 1.13. The van der Waals surface area contributed by atoms with Crippen LogP contribution < -0.4 is 5.73 Å². The molecule has 0 spiro atoms. The van der Waals surface area contributed by atoms with Crippen LogP contribution >= 0.6 is 0 Å². The Labute approximate surface area is 145 Å². The number of amides is 2. The standard InChI is InChI=1S/C19H31N3O2/c1-15(2)18(20)10-12-21(4)19(24)11-13-22(16(3)23)14-17-8-6-5-7-9-17/h5-9,15,18H,10-14,20H2,1-4H3. The van der Waals surface area contributed by atoms with Crippen LogP contribution in [0.5, 0.6) is 0 Å². The fourth-order valence-electron chi connectivity index (χ4n) is 2.37. The molecule has 1 aromatic carbocycles. The lowest BCUT2D eigenvalue weighted by Crippen LogP contribution is -2.37. The first-order valence-electron chi connectivity index (χ1n) is 8.60. The Bertz CT molecular complexity index is 517. The van der Waals surface area contributed by atoms with Gasteiger partial charge in [-0.25, -0.2) is 0 Å². The predicted molar refractivity (Wildman–Crippen MR) is 97.2 cm³/mol. The van der Waals surface area contributed by atoms with Gasteiger partial charge in [0.15, 0.2) is 0 Å². The molecule has 0 aliphatic rings. The first kappa shape index (κ1) is 20.2. The highest BCUT2D eigenvalue weighted by molar-refractivity contribution is 5.78. The summed E-state index contributed by atoms with van der Waals surface area (Å²) in [5.74, 6) is 0.439. The van der Waals surface area contributed by atoms with Crippen molar-refractivity contribution in [1.82, 2.24) is 9.80 Å². The van der Waals surface area contributed by atoms with Crippen LogP contribution in [0.1, 0.15) is 39.2 Å². The van der Waals surface area contributed by atoms with Gasteiger partial charge < -0.3 is 15.5 Å². The van der Waals surface area contributed by atoms with E-state index < -0.39 is 0 Å². The lowest BCUT2D eigenvalue weighted by atomic mass is 10.0. The number of nitrogens with zero attached hydrogens (tertiary/aromatic N) is 2. The molecular formula is C19H31N3O2. The molecule has 0 radical (unpaired) electrons. The predicted octanol–water partition coefficient (Wildman–Crippen LogP) is 2.26. The van der Waals surface area contributed by atoms with Crippen molar-refractivity contribution in [1.29, 1.82) is 0 Å².